The van der Waals surface area contributed by atoms with E-state index in [-0.39, 0.29) is 40.9 Å². The lowest BCUT2D eigenvalue weighted by atomic mass is 10.2. The van der Waals surface area contributed by atoms with E-state index in [9.17, 15) is 22.0 Å². The van der Waals surface area contributed by atoms with Crippen LogP contribution in [-0.4, -0.2) is 37.7 Å². The van der Waals surface area contributed by atoms with Gasteiger partial charge in [-0.2, -0.15) is 0 Å². The summed E-state index contributed by atoms with van der Waals surface area (Å²) < 4.78 is 58.3. The summed E-state index contributed by atoms with van der Waals surface area (Å²) in [5, 5.41) is 2.65. The SMILES string of the molecule is Cc1ccc(NC(=O)CCc2ncc(-c3ccc(F)cc3F)o2)cc1S(=O)(=O)N(C)C. The van der Waals surface area contributed by atoms with E-state index in [1.54, 1.807) is 19.1 Å². The Morgan fingerprint density at radius 1 is 1.16 bits per heavy atom. The zero-order valence-electron chi connectivity index (χ0n) is 17.1. The number of halogens is 2. The molecule has 164 valence electrons. The van der Waals surface area contributed by atoms with Gasteiger partial charge in [-0.15, -0.1) is 0 Å². The molecule has 1 N–H and O–H groups in total. The van der Waals surface area contributed by atoms with Gasteiger partial charge >= 0.3 is 0 Å². The second-order valence-electron chi connectivity index (χ2n) is 7.06. The van der Waals surface area contributed by atoms with Crippen LogP contribution in [0.15, 0.2) is 51.9 Å². The fraction of sp³-hybridized carbons (Fsp3) is 0.238. The number of benzene rings is 2. The molecule has 0 spiro atoms. The second-order valence-corrected chi connectivity index (χ2v) is 9.18. The van der Waals surface area contributed by atoms with Crippen molar-refractivity contribution in [2.45, 2.75) is 24.7 Å². The Balaban J connectivity index is 1.66. The molecule has 31 heavy (non-hydrogen) atoms. The van der Waals surface area contributed by atoms with Gasteiger partial charge in [-0.25, -0.2) is 26.5 Å². The molecule has 0 aliphatic rings. The third-order valence-corrected chi connectivity index (χ3v) is 6.50. The maximum atomic E-state index is 13.9. The zero-order chi connectivity index (χ0) is 22.8. The molecule has 0 saturated carbocycles. The van der Waals surface area contributed by atoms with Gasteiger partial charge in [0.2, 0.25) is 15.9 Å². The van der Waals surface area contributed by atoms with Gasteiger partial charge in [-0.1, -0.05) is 6.07 Å². The van der Waals surface area contributed by atoms with Crippen molar-refractivity contribution in [3.63, 3.8) is 0 Å². The number of amides is 1. The molecule has 1 heterocycles. The Kier molecular flexibility index (Phi) is 6.51. The van der Waals surface area contributed by atoms with E-state index in [1.165, 1.54) is 32.4 Å². The highest BCUT2D eigenvalue weighted by molar-refractivity contribution is 7.89. The van der Waals surface area contributed by atoms with E-state index >= 15 is 0 Å². The van der Waals surface area contributed by atoms with E-state index in [0.717, 1.165) is 16.4 Å². The Hall–Kier alpha value is -3.11. The van der Waals surface area contributed by atoms with Gasteiger partial charge in [0.25, 0.3) is 0 Å². The van der Waals surface area contributed by atoms with Crippen LogP contribution in [0.1, 0.15) is 17.9 Å². The van der Waals surface area contributed by atoms with Crippen LogP contribution in [-0.2, 0) is 21.2 Å². The van der Waals surface area contributed by atoms with Crippen molar-refractivity contribution < 1.29 is 26.4 Å². The van der Waals surface area contributed by atoms with Crippen molar-refractivity contribution in [3.8, 4) is 11.3 Å². The van der Waals surface area contributed by atoms with Crippen molar-refractivity contribution in [2.75, 3.05) is 19.4 Å². The molecule has 3 rings (SSSR count). The van der Waals surface area contributed by atoms with Crippen LogP contribution in [0.3, 0.4) is 0 Å². The molecular weight excluding hydrogens is 428 g/mol. The van der Waals surface area contributed by atoms with Gasteiger partial charge in [0.1, 0.15) is 11.6 Å². The number of nitrogens with zero attached hydrogens (tertiary/aromatic N) is 2. The van der Waals surface area contributed by atoms with Gasteiger partial charge in [-0.05, 0) is 36.8 Å². The molecule has 0 unspecified atom stereocenters. The summed E-state index contributed by atoms with van der Waals surface area (Å²) in [4.78, 5) is 16.4. The molecule has 0 radical (unpaired) electrons. The number of rotatable bonds is 7. The Labute approximate surface area is 178 Å². The second kappa shape index (κ2) is 8.94. The molecular formula is C21H21F2N3O4S. The number of aromatic nitrogens is 1. The minimum atomic E-state index is -3.65. The number of carbonyl (C=O) groups excluding carboxylic acids is 1. The molecule has 2 aromatic carbocycles. The molecule has 0 aliphatic heterocycles. The third-order valence-electron chi connectivity index (χ3n) is 4.55. The first kappa shape index (κ1) is 22.6. The van der Waals surface area contributed by atoms with Crippen LogP contribution < -0.4 is 5.32 Å². The van der Waals surface area contributed by atoms with Crippen LogP contribution in [0.25, 0.3) is 11.3 Å². The first-order valence-electron chi connectivity index (χ1n) is 9.31. The fourth-order valence-corrected chi connectivity index (χ4v) is 3.98. The number of oxazole rings is 1. The standard InChI is InChI=1S/C21H21F2N3O4S/c1-13-4-6-15(11-19(13)31(28,29)26(2)3)25-20(27)8-9-21-24-12-18(30-21)16-7-5-14(22)10-17(16)23/h4-7,10-12H,8-9H2,1-3H3,(H,25,27). The average molecular weight is 449 g/mol. The number of hydrogen-bond acceptors (Lipinski definition) is 5. The highest BCUT2D eigenvalue weighted by atomic mass is 32.2. The zero-order valence-corrected chi connectivity index (χ0v) is 18.0. The van der Waals surface area contributed by atoms with Crippen molar-refractivity contribution in [2.24, 2.45) is 0 Å². The lowest BCUT2D eigenvalue weighted by molar-refractivity contribution is -0.116. The molecule has 0 atom stereocenters. The molecule has 3 aromatic rings. The maximum Gasteiger partial charge on any atom is 0.242 e. The van der Waals surface area contributed by atoms with Gasteiger partial charge in [-0.3, -0.25) is 4.79 Å². The predicted octanol–water partition coefficient (Wildman–Crippen LogP) is 3.75. The summed E-state index contributed by atoms with van der Waals surface area (Å²) in [5.74, 6) is -1.50. The largest absolute Gasteiger partial charge is 0.441 e. The molecule has 0 saturated heterocycles. The quantitative estimate of drug-likeness (QED) is 0.593. The lowest BCUT2D eigenvalue weighted by Crippen LogP contribution is -2.23. The molecule has 1 amide bonds. The van der Waals surface area contributed by atoms with Crippen molar-refractivity contribution in [1.82, 2.24) is 9.29 Å². The van der Waals surface area contributed by atoms with Crippen LogP contribution in [0.4, 0.5) is 14.5 Å². The lowest BCUT2D eigenvalue weighted by Gasteiger charge is -2.15. The monoisotopic (exact) mass is 449 g/mol. The number of sulfonamides is 1. The smallest absolute Gasteiger partial charge is 0.242 e. The molecule has 0 aliphatic carbocycles. The molecule has 1 aromatic heterocycles. The van der Waals surface area contributed by atoms with E-state index in [0.29, 0.717) is 11.3 Å². The normalized spacial score (nSPS) is 11.7. The van der Waals surface area contributed by atoms with Gasteiger partial charge in [0.15, 0.2) is 11.7 Å². The van der Waals surface area contributed by atoms with Crippen molar-refractivity contribution >= 4 is 21.6 Å². The van der Waals surface area contributed by atoms with E-state index in [4.69, 9.17) is 4.42 Å². The topological polar surface area (TPSA) is 92.5 Å². The minimum absolute atomic E-state index is 0.00942. The Morgan fingerprint density at radius 3 is 2.58 bits per heavy atom. The van der Waals surface area contributed by atoms with Gasteiger partial charge < -0.3 is 9.73 Å². The van der Waals surface area contributed by atoms with Crippen LogP contribution in [0.2, 0.25) is 0 Å². The maximum absolute atomic E-state index is 13.9. The first-order chi connectivity index (χ1) is 14.6. The Bertz CT molecular complexity index is 1220. The number of carbonyl (C=O) groups is 1. The van der Waals surface area contributed by atoms with E-state index in [1.807, 2.05) is 0 Å². The molecule has 10 heteroatoms. The summed E-state index contributed by atoms with van der Waals surface area (Å²) in [5.41, 5.74) is 0.975. The molecule has 0 fully saturated rings. The minimum Gasteiger partial charge on any atom is -0.441 e. The average Bonchev–Trinajstić information content (AvgIpc) is 3.16. The number of aryl methyl sites for hydroxylation is 2. The third kappa shape index (κ3) is 5.15. The summed E-state index contributed by atoms with van der Waals surface area (Å²) in [6.07, 6.45) is 1.46. The number of nitrogens with one attached hydrogen (secondary N) is 1. The summed E-state index contributed by atoms with van der Waals surface area (Å²) in [7, 11) is -0.782. The molecule has 0 bridgehead atoms. The molecule has 7 nitrogen and oxygen atoms in total. The van der Waals surface area contributed by atoms with Crippen LogP contribution in [0.5, 0.6) is 0 Å². The predicted molar refractivity (Wildman–Crippen MR) is 111 cm³/mol. The number of hydrogen-bond donors (Lipinski definition) is 1. The van der Waals surface area contributed by atoms with E-state index in [2.05, 4.69) is 10.3 Å². The number of anilines is 1. The van der Waals surface area contributed by atoms with Gasteiger partial charge in [0.05, 0.1) is 16.7 Å². The highest BCUT2D eigenvalue weighted by Crippen LogP contribution is 2.25. The van der Waals surface area contributed by atoms with Crippen LogP contribution >= 0.6 is 0 Å². The van der Waals surface area contributed by atoms with Gasteiger partial charge in [0, 0.05) is 38.7 Å². The van der Waals surface area contributed by atoms with Crippen molar-refractivity contribution in [3.05, 3.63) is 65.7 Å². The summed E-state index contributed by atoms with van der Waals surface area (Å²) in [6.45, 7) is 1.67. The Morgan fingerprint density at radius 2 is 1.90 bits per heavy atom. The first-order valence-corrected chi connectivity index (χ1v) is 10.7. The van der Waals surface area contributed by atoms with Crippen molar-refractivity contribution in [1.29, 1.82) is 0 Å². The van der Waals surface area contributed by atoms with Crippen LogP contribution in [0, 0.1) is 18.6 Å². The summed E-state index contributed by atoms with van der Waals surface area (Å²) in [6, 6.07) is 7.74. The fourth-order valence-electron chi connectivity index (χ4n) is 2.84. The summed E-state index contributed by atoms with van der Waals surface area (Å²) >= 11 is 0. The van der Waals surface area contributed by atoms with E-state index < -0.39 is 21.7 Å². The highest BCUT2D eigenvalue weighted by Gasteiger charge is 2.20.